The average molecular weight is 441 g/mol. The fraction of sp³-hybridized carbons (Fsp3) is 0.190. The summed E-state index contributed by atoms with van der Waals surface area (Å²) in [6, 6.07) is 13.8. The number of carbonyl (C=O) groups excluding carboxylic acids is 1. The topological polar surface area (TPSA) is 103 Å². The summed E-state index contributed by atoms with van der Waals surface area (Å²) < 4.78 is 26.4. The predicted octanol–water partition coefficient (Wildman–Crippen LogP) is 3.56. The van der Waals surface area contributed by atoms with Crippen LogP contribution in [0.15, 0.2) is 52.7 Å². The summed E-state index contributed by atoms with van der Waals surface area (Å²) in [5.41, 5.74) is 3.99. The second-order valence-electron chi connectivity index (χ2n) is 6.77. The van der Waals surface area contributed by atoms with Crippen LogP contribution in [-0.4, -0.2) is 37.2 Å². The zero-order valence-electron chi connectivity index (χ0n) is 16.7. The highest BCUT2D eigenvalue weighted by Gasteiger charge is 2.25. The van der Waals surface area contributed by atoms with Gasteiger partial charge in [-0.25, -0.2) is 13.4 Å². The Morgan fingerprint density at radius 2 is 1.97 bits per heavy atom. The van der Waals surface area contributed by atoms with Gasteiger partial charge in [0.15, 0.2) is 5.13 Å². The summed E-state index contributed by atoms with van der Waals surface area (Å²) >= 11 is 1.27. The molecule has 0 aliphatic carbocycles. The summed E-state index contributed by atoms with van der Waals surface area (Å²) in [7, 11) is -2.69. The van der Waals surface area contributed by atoms with Crippen LogP contribution >= 0.6 is 11.3 Å². The number of sulfonamides is 1. The van der Waals surface area contributed by atoms with Crippen LogP contribution in [0.25, 0.3) is 11.3 Å². The third-order valence-electron chi connectivity index (χ3n) is 4.47. The van der Waals surface area contributed by atoms with Crippen LogP contribution in [0.2, 0.25) is 0 Å². The molecule has 30 heavy (non-hydrogen) atoms. The molecule has 1 aromatic heterocycles. The predicted molar refractivity (Wildman–Crippen MR) is 117 cm³/mol. The first-order chi connectivity index (χ1) is 14.2. The number of carbonyl (C=O) groups is 1. The third-order valence-corrected chi connectivity index (χ3v) is 7.09. The van der Waals surface area contributed by atoms with Gasteiger partial charge in [-0.1, -0.05) is 35.9 Å². The fourth-order valence-electron chi connectivity index (χ4n) is 2.95. The highest BCUT2D eigenvalue weighted by Crippen LogP contribution is 2.28. The fourth-order valence-corrected chi connectivity index (χ4v) is 4.95. The van der Waals surface area contributed by atoms with Crippen molar-refractivity contribution >= 4 is 32.4 Å². The maximum absolute atomic E-state index is 12.7. The van der Waals surface area contributed by atoms with Crippen molar-refractivity contribution in [2.75, 3.05) is 18.9 Å². The Hall–Kier alpha value is -3.06. The molecular weight excluding hydrogens is 420 g/mol. The number of rotatable bonds is 6. The second-order valence-corrected chi connectivity index (χ2v) is 9.64. The van der Waals surface area contributed by atoms with E-state index in [0.717, 1.165) is 26.7 Å². The molecule has 0 atom stereocenters. The Bertz CT molecular complexity index is 1240. The maximum Gasteiger partial charge on any atom is 0.244 e. The Morgan fingerprint density at radius 3 is 2.67 bits per heavy atom. The minimum atomic E-state index is -3.98. The SMILES string of the molecule is Cc1ccc(-c2csc(NC(=O)CN(C)S(=O)(=O)c3ccccc3C#N)n2)c(C)c1. The number of aromatic nitrogens is 1. The van der Waals surface area contributed by atoms with Gasteiger partial charge in [-0.2, -0.15) is 9.57 Å². The summed E-state index contributed by atoms with van der Waals surface area (Å²) in [4.78, 5) is 16.7. The zero-order valence-corrected chi connectivity index (χ0v) is 18.3. The summed E-state index contributed by atoms with van der Waals surface area (Å²) in [5, 5.41) is 14.0. The van der Waals surface area contributed by atoms with Crippen molar-refractivity contribution in [3.63, 3.8) is 0 Å². The molecule has 0 aliphatic heterocycles. The van der Waals surface area contributed by atoms with Crippen LogP contribution in [0.1, 0.15) is 16.7 Å². The van der Waals surface area contributed by atoms with E-state index in [-0.39, 0.29) is 10.5 Å². The number of nitrogens with zero attached hydrogens (tertiary/aromatic N) is 3. The Labute approximate surface area is 179 Å². The lowest BCUT2D eigenvalue weighted by molar-refractivity contribution is -0.116. The second kappa shape index (κ2) is 8.75. The number of amides is 1. The van der Waals surface area contributed by atoms with Crippen LogP contribution in [0.5, 0.6) is 0 Å². The molecule has 9 heteroatoms. The van der Waals surface area contributed by atoms with E-state index in [0.29, 0.717) is 5.13 Å². The highest BCUT2D eigenvalue weighted by atomic mass is 32.2. The molecule has 0 fully saturated rings. The monoisotopic (exact) mass is 440 g/mol. The molecule has 3 rings (SSSR count). The number of aryl methyl sites for hydroxylation is 2. The van der Waals surface area contributed by atoms with Crippen LogP contribution in [-0.2, 0) is 14.8 Å². The van der Waals surface area contributed by atoms with Gasteiger partial charge in [0, 0.05) is 18.0 Å². The van der Waals surface area contributed by atoms with Crippen molar-refractivity contribution in [2.45, 2.75) is 18.7 Å². The third kappa shape index (κ3) is 4.57. The van der Waals surface area contributed by atoms with Gasteiger partial charge in [0.25, 0.3) is 0 Å². The van der Waals surface area contributed by atoms with Crippen molar-refractivity contribution in [1.82, 2.24) is 9.29 Å². The number of thiazole rings is 1. The molecule has 0 unspecified atom stereocenters. The molecule has 0 saturated carbocycles. The van der Waals surface area contributed by atoms with E-state index in [9.17, 15) is 13.2 Å². The smallest absolute Gasteiger partial charge is 0.244 e. The molecule has 2 aromatic carbocycles. The molecule has 3 aromatic rings. The van der Waals surface area contributed by atoms with E-state index in [1.165, 1.54) is 36.6 Å². The first-order valence-electron chi connectivity index (χ1n) is 9.01. The van der Waals surface area contributed by atoms with E-state index < -0.39 is 22.5 Å². The van der Waals surface area contributed by atoms with Crippen molar-refractivity contribution in [3.05, 3.63) is 64.5 Å². The van der Waals surface area contributed by atoms with Crippen LogP contribution in [0.3, 0.4) is 0 Å². The largest absolute Gasteiger partial charge is 0.301 e. The molecule has 0 bridgehead atoms. The van der Waals surface area contributed by atoms with Crippen LogP contribution in [0.4, 0.5) is 5.13 Å². The lowest BCUT2D eigenvalue weighted by Gasteiger charge is -2.17. The number of hydrogen-bond donors (Lipinski definition) is 1. The molecule has 0 spiro atoms. The Balaban J connectivity index is 1.71. The van der Waals surface area contributed by atoms with Gasteiger partial charge >= 0.3 is 0 Å². The van der Waals surface area contributed by atoms with Gasteiger partial charge in [-0.3, -0.25) is 4.79 Å². The zero-order chi connectivity index (χ0) is 21.9. The number of likely N-dealkylation sites (N-methyl/N-ethyl adjacent to an activating group) is 1. The summed E-state index contributed by atoms with van der Waals surface area (Å²) in [6.45, 7) is 3.61. The van der Waals surface area contributed by atoms with Crippen molar-refractivity contribution < 1.29 is 13.2 Å². The minimum absolute atomic E-state index is 0.0304. The molecule has 154 valence electrons. The molecule has 0 aliphatic rings. The van der Waals surface area contributed by atoms with E-state index >= 15 is 0 Å². The number of benzene rings is 2. The summed E-state index contributed by atoms with van der Waals surface area (Å²) in [5.74, 6) is -0.517. The molecular formula is C21H20N4O3S2. The number of nitriles is 1. The van der Waals surface area contributed by atoms with E-state index in [2.05, 4.69) is 16.4 Å². The lowest BCUT2D eigenvalue weighted by Crippen LogP contribution is -2.35. The van der Waals surface area contributed by atoms with Gasteiger partial charge in [-0.05, 0) is 31.5 Å². The first kappa shape index (κ1) is 21.6. The highest BCUT2D eigenvalue weighted by molar-refractivity contribution is 7.89. The molecule has 1 N–H and O–H groups in total. The van der Waals surface area contributed by atoms with Crippen molar-refractivity contribution in [1.29, 1.82) is 5.26 Å². The van der Waals surface area contributed by atoms with Crippen molar-refractivity contribution in [2.24, 2.45) is 0 Å². The minimum Gasteiger partial charge on any atom is -0.301 e. The van der Waals surface area contributed by atoms with Crippen molar-refractivity contribution in [3.8, 4) is 17.3 Å². The lowest BCUT2D eigenvalue weighted by atomic mass is 10.0. The maximum atomic E-state index is 12.7. The Morgan fingerprint density at radius 1 is 1.23 bits per heavy atom. The number of nitrogens with one attached hydrogen (secondary N) is 1. The van der Waals surface area contributed by atoms with Crippen LogP contribution in [0, 0.1) is 25.2 Å². The normalized spacial score (nSPS) is 11.3. The van der Waals surface area contributed by atoms with E-state index in [1.54, 1.807) is 6.07 Å². The average Bonchev–Trinajstić information content (AvgIpc) is 3.15. The number of hydrogen-bond acceptors (Lipinski definition) is 6. The van der Waals surface area contributed by atoms with E-state index in [4.69, 9.17) is 5.26 Å². The Kier molecular flexibility index (Phi) is 6.31. The standard InChI is InChI=1S/C21H20N4O3S2/c1-14-8-9-17(15(2)10-14)18-13-29-21(23-18)24-20(26)12-25(3)30(27,28)19-7-5-4-6-16(19)11-22/h4-10,13H,12H2,1-3H3,(H,23,24,26). The molecule has 1 heterocycles. The van der Waals surface area contributed by atoms with Gasteiger partial charge in [0.2, 0.25) is 15.9 Å². The molecule has 7 nitrogen and oxygen atoms in total. The molecule has 0 radical (unpaired) electrons. The van der Waals surface area contributed by atoms with Gasteiger partial charge in [0.1, 0.15) is 6.07 Å². The first-order valence-corrected chi connectivity index (χ1v) is 11.3. The molecule has 0 saturated heterocycles. The molecule has 1 amide bonds. The van der Waals surface area contributed by atoms with Gasteiger partial charge in [0.05, 0.1) is 22.7 Å². The van der Waals surface area contributed by atoms with Gasteiger partial charge in [-0.15, -0.1) is 11.3 Å². The number of anilines is 1. The van der Waals surface area contributed by atoms with E-state index in [1.807, 2.05) is 37.4 Å². The van der Waals surface area contributed by atoms with Gasteiger partial charge < -0.3 is 5.32 Å². The quantitative estimate of drug-likeness (QED) is 0.631. The summed E-state index contributed by atoms with van der Waals surface area (Å²) in [6.07, 6.45) is 0. The van der Waals surface area contributed by atoms with Crippen LogP contribution < -0.4 is 5.32 Å².